The van der Waals surface area contributed by atoms with Gasteiger partial charge in [-0.05, 0) is 19.1 Å². The van der Waals surface area contributed by atoms with E-state index in [2.05, 4.69) is 42.1 Å². The first-order chi connectivity index (χ1) is 13.1. The van der Waals surface area contributed by atoms with Crippen LogP contribution in [0.1, 0.15) is 17.4 Å². The van der Waals surface area contributed by atoms with Crippen LogP contribution < -0.4 is 15.4 Å². The monoisotopic (exact) mass is 418 g/mol. The summed E-state index contributed by atoms with van der Waals surface area (Å²) in [7, 11) is -1.36. The first-order valence-electron chi connectivity index (χ1n) is 9.27. The van der Waals surface area contributed by atoms with Gasteiger partial charge in [-0.2, -0.15) is 0 Å². The molecule has 9 heteroatoms. The minimum Gasteiger partial charge on any atom is -0.476 e. The van der Waals surface area contributed by atoms with Crippen molar-refractivity contribution in [1.29, 1.82) is 0 Å². The van der Waals surface area contributed by atoms with E-state index in [4.69, 9.17) is 5.11 Å². The number of thiazole rings is 1. The summed E-state index contributed by atoms with van der Waals surface area (Å²) in [6.45, 7) is 10.7. The molecule has 1 fully saturated rings. The topological polar surface area (TPSA) is 85.8 Å². The lowest BCUT2D eigenvalue weighted by Crippen LogP contribution is -2.55. The molecule has 2 amide bonds. The molecule has 1 saturated heterocycles. The molecule has 2 N–H and O–H groups in total. The molecule has 1 aliphatic heterocycles. The van der Waals surface area contributed by atoms with Gasteiger partial charge in [-0.1, -0.05) is 37.0 Å². The van der Waals surface area contributed by atoms with Gasteiger partial charge in [0.2, 0.25) is 0 Å². The molecule has 2 aromatic rings. The Bertz CT molecular complexity index is 863. The molecule has 0 saturated carbocycles. The number of aromatic nitrogens is 1. The number of amides is 2. The molecule has 1 atom stereocenters. The van der Waals surface area contributed by atoms with E-state index in [1.807, 2.05) is 28.9 Å². The highest BCUT2D eigenvalue weighted by Crippen LogP contribution is 2.24. The van der Waals surface area contributed by atoms with E-state index in [1.54, 1.807) is 5.38 Å². The molecule has 7 nitrogen and oxygen atoms in total. The highest BCUT2D eigenvalue weighted by Gasteiger charge is 2.29. The number of piperazine rings is 1. The maximum Gasteiger partial charge on any atom is 0.355 e. The molecule has 0 spiro atoms. The predicted octanol–water partition coefficient (Wildman–Crippen LogP) is 3.13. The molecule has 28 heavy (non-hydrogen) atoms. The van der Waals surface area contributed by atoms with Crippen molar-refractivity contribution in [2.45, 2.75) is 32.6 Å². The lowest BCUT2D eigenvalue weighted by atomic mass is 10.2. The molecular formula is C19H26N4O3SSi. The largest absolute Gasteiger partial charge is 0.476 e. The number of carbonyl (C=O) groups excluding carboxylic acids is 1. The fraction of sp³-hybridized carbons (Fsp3) is 0.421. The van der Waals surface area contributed by atoms with Gasteiger partial charge in [-0.15, -0.1) is 11.3 Å². The molecule has 0 radical (unpaired) electrons. The van der Waals surface area contributed by atoms with Gasteiger partial charge in [0.05, 0.1) is 8.07 Å². The van der Waals surface area contributed by atoms with Crippen LogP contribution >= 0.6 is 11.3 Å². The Hall–Kier alpha value is -2.39. The van der Waals surface area contributed by atoms with Crippen LogP contribution in [0.15, 0.2) is 29.6 Å². The zero-order chi connectivity index (χ0) is 20.5. The summed E-state index contributed by atoms with van der Waals surface area (Å²) < 4.78 is 0. The van der Waals surface area contributed by atoms with Crippen LogP contribution in [0.2, 0.25) is 19.6 Å². The third-order valence-corrected chi connectivity index (χ3v) is 7.84. The minimum atomic E-state index is -1.36. The van der Waals surface area contributed by atoms with E-state index in [-0.39, 0.29) is 17.8 Å². The number of carbonyl (C=O) groups is 2. The first-order valence-corrected chi connectivity index (χ1v) is 13.6. The SMILES string of the molecule is C[C@@H]1CN(c2nc(C(=O)O)cs2)CCN1C(=O)Nc1ccc([Si](C)(C)C)cc1. The molecule has 3 rings (SSSR count). The third-order valence-electron chi connectivity index (χ3n) is 4.87. The van der Waals surface area contributed by atoms with E-state index < -0.39 is 14.0 Å². The number of hydrogen-bond donors (Lipinski definition) is 2. The van der Waals surface area contributed by atoms with E-state index in [0.29, 0.717) is 24.8 Å². The normalized spacial score (nSPS) is 17.5. The van der Waals surface area contributed by atoms with Crippen LogP contribution in [0.4, 0.5) is 15.6 Å². The first kappa shape index (κ1) is 20.3. The minimum absolute atomic E-state index is 0.00724. The number of aromatic carboxylic acids is 1. The van der Waals surface area contributed by atoms with Crippen molar-refractivity contribution in [3.63, 3.8) is 0 Å². The summed E-state index contributed by atoms with van der Waals surface area (Å²) in [6.07, 6.45) is 0. The number of benzene rings is 1. The Labute approximate surface area is 170 Å². The third kappa shape index (κ3) is 4.53. The van der Waals surface area contributed by atoms with Crippen LogP contribution in [0.25, 0.3) is 0 Å². The van der Waals surface area contributed by atoms with Gasteiger partial charge in [0, 0.05) is 36.7 Å². The van der Waals surface area contributed by atoms with Crippen molar-refractivity contribution in [1.82, 2.24) is 9.88 Å². The van der Waals surface area contributed by atoms with Crippen molar-refractivity contribution in [3.8, 4) is 0 Å². The summed E-state index contributed by atoms with van der Waals surface area (Å²) >= 11 is 1.32. The zero-order valence-corrected chi connectivity index (χ0v) is 18.4. The van der Waals surface area contributed by atoms with Crippen LogP contribution in [0.3, 0.4) is 0 Å². The van der Waals surface area contributed by atoms with Crippen molar-refractivity contribution in [2.24, 2.45) is 0 Å². The van der Waals surface area contributed by atoms with E-state index >= 15 is 0 Å². The lowest BCUT2D eigenvalue weighted by molar-refractivity contribution is 0.0691. The Morgan fingerprint density at radius 2 is 1.89 bits per heavy atom. The molecule has 150 valence electrons. The van der Waals surface area contributed by atoms with Crippen molar-refractivity contribution in [2.75, 3.05) is 29.9 Å². The van der Waals surface area contributed by atoms with Gasteiger partial charge < -0.3 is 20.2 Å². The smallest absolute Gasteiger partial charge is 0.355 e. The van der Waals surface area contributed by atoms with Gasteiger partial charge in [-0.3, -0.25) is 0 Å². The summed E-state index contributed by atoms with van der Waals surface area (Å²) in [5.74, 6) is -1.02. The van der Waals surface area contributed by atoms with Gasteiger partial charge in [0.15, 0.2) is 10.8 Å². The highest BCUT2D eigenvalue weighted by atomic mass is 32.1. The molecule has 0 aliphatic carbocycles. The molecule has 1 aromatic heterocycles. The quantitative estimate of drug-likeness (QED) is 0.745. The molecule has 2 heterocycles. The summed E-state index contributed by atoms with van der Waals surface area (Å²) in [4.78, 5) is 31.7. The maximum atomic E-state index is 12.7. The zero-order valence-electron chi connectivity index (χ0n) is 16.6. The molecule has 1 aromatic carbocycles. The van der Waals surface area contributed by atoms with Gasteiger partial charge in [-0.25, -0.2) is 14.6 Å². The van der Waals surface area contributed by atoms with Crippen molar-refractivity contribution >= 4 is 47.4 Å². The summed E-state index contributed by atoms with van der Waals surface area (Å²) in [6, 6.07) is 8.02. The van der Waals surface area contributed by atoms with Crippen LogP contribution in [0, 0.1) is 0 Å². The Morgan fingerprint density at radius 3 is 2.43 bits per heavy atom. The number of rotatable bonds is 4. The average molecular weight is 419 g/mol. The molecule has 0 bridgehead atoms. The second-order valence-corrected chi connectivity index (χ2v) is 14.0. The lowest BCUT2D eigenvalue weighted by Gasteiger charge is -2.39. The maximum absolute atomic E-state index is 12.7. The number of carboxylic acids is 1. The van der Waals surface area contributed by atoms with Crippen LogP contribution in [0.5, 0.6) is 0 Å². The van der Waals surface area contributed by atoms with E-state index in [0.717, 1.165) is 5.69 Å². The van der Waals surface area contributed by atoms with Gasteiger partial charge >= 0.3 is 12.0 Å². The van der Waals surface area contributed by atoms with Crippen LogP contribution in [-0.2, 0) is 0 Å². The molecular weight excluding hydrogens is 392 g/mol. The second kappa shape index (κ2) is 7.92. The second-order valence-electron chi connectivity index (χ2n) is 8.07. The number of carboxylic acid groups (broad SMARTS) is 1. The van der Waals surface area contributed by atoms with Crippen molar-refractivity contribution < 1.29 is 14.7 Å². The average Bonchev–Trinajstić information content (AvgIpc) is 3.11. The fourth-order valence-electron chi connectivity index (χ4n) is 3.19. The number of anilines is 2. The number of nitrogens with zero attached hydrogens (tertiary/aromatic N) is 3. The fourth-order valence-corrected chi connectivity index (χ4v) is 5.19. The predicted molar refractivity (Wildman–Crippen MR) is 116 cm³/mol. The number of nitrogens with one attached hydrogen (secondary N) is 1. The Morgan fingerprint density at radius 1 is 1.21 bits per heavy atom. The summed E-state index contributed by atoms with van der Waals surface area (Å²) in [5.41, 5.74) is 0.863. The highest BCUT2D eigenvalue weighted by molar-refractivity contribution is 7.13. The molecule has 0 unspecified atom stereocenters. The number of hydrogen-bond acceptors (Lipinski definition) is 5. The molecule has 1 aliphatic rings. The van der Waals surface area contributed by atoms with E-state index in [9.17, 15) is 9.59 Å². The van der Waals surface area contributed by atoms with Crippen molar-refractivity contribution in [3.05, 3.63) is 35.3 Å². The van der Waals surface area contributed by atoms with Gasteiger partial charge in [0.25, 0.3) is 0 Å². The Balaban J connectivity index is 1.60. The summed E-state index contributed by atoms with van der Waals surface area (Å²) in [5, 5.41) is 15.6. The van der Waals surface area contributed by atoms with Gasteiger partial charge in [0.1, 0.15) is 0 Å². The van der Waals surface area contributed by atoms with Crippen LogP contribution in [-0.4, -0.2) is 60.7 Å². The Kier molecular flexibility index (Phi) is 5.76. The van der Waals surface area contributed by atoms with E-state index in [1.165, 1.54) is 16.5 Å². The standard InChI is InChI=1S/C19H26N4O3SSi/c1-13-11-22(19-21-16(12-27-19)17(24)25)9-10-23(13)18(26)20-14-5-7-15(8-6-14)28(2,3)4/h5-8,12-13H,9-11H2,1-4H3,(H,20,26)(H,24,25)/t13-/m1/s1. The number of urea groups is 1.